The third-order valence-electron chi connectivity index (χ3n) is 3.60. The van der Waals surface area contributed by atoms with Gasteiger partial charge in [0.1, 0.15) is 5.75 Å². The van der Waals surface area contributed by atoms with Gasteiger partial charge in [0.25, 0.3) is 0 Å². The summed E-state index contributed by atoms with van der Waals surface area (Å²) >= 11 is 0. The van der Waals surface area contributed by atoms with Crippen LogP contribution in [0.5, 0.6) is 5.75 Å². The van der Waals surface area contributed by atoms with Crippen LogP contribution in [0.2, 0.25) is 0 Å². The molecule has 0 fully saturated rings. The average molecular weight is 284 g/mol. The van der Waals surface area contributed by atoms with Crippen molar-refractivity contribution < 1.29 is 4.74 Å². The van der Waals surface area contributed by atoms with E-state index in [1.165, 1.54) is 11.3 Å². The first kappa shape index (κ1) is 15.4. The van der Waals surface area contributed by atoms with Crippen molar-refractivity contribution in [3.8, 4) is 5.75 Å². The fraction of sp³-hybridized carbons (Fsp3) is 0.333. The highest BCUT2D eigenvalue weighted by Gasteiger charge is 2.16. The molecule has 0 aliphatic heterocycles. The van der Waals surface area contributed by atoms with Gasteiger partial charge in [0.2, 0.25) is 0 Å². The molecule has 0 aromatic heterocycles. The number of rotatable bonds is 7. The van der Waals surface area contributed by atoms with Crippen LogP contribution in [0.3, 0.4) is 0 Å². The van der Waals surface area contributed by atoms with Crippen LogP contribution in [-0.4, -0.2) is 27.2 Å². The number of ether oxygens (including phenoxy) is 1. The molecule has 0 amide bonds. The van der Waals surface area contributed by atoms with Crippen molar-refractivity contribution in [1.29, 1.82) is 0 Å². The number of nitrogens with one attached hydrogen (secondary N) is 1. The minimum Gasteiger partial charge on any atom is -0.494 e. The van der Waals surface area contributed by atoms with Gasteiger partial charge in [-0.2, -0.15) is 0 Å². The maximum Gasteiger partial charge on any atom is 0.124 e. The van der Waals surface area contributed by atoms with Crippen LogP contribution in [0.4, 0.5) is 5.69 Å². The van der Waals surface area contributed by atoms with Gasteiger partial charge in [-0.1, -0.05) is 36.4 Å². The second-order valence-corrected chi connectivity index (χ2v) is 5.03. The van der Waals surface area contributed by atoms with Crippen molar-refractivity contribution in [3.05, 3.63) is 60.2 Å². The van der Waals surface area contributed by atoms with Crippen molar-refractivity contribution in [2.75, 3.05) is 32.1 Å². The van der Waals surface area contributed by atoms with E-state index in [0.29, 0.717) is 6.61 Å². The summed E-state index contributed by atoms with van der Waals surface area (Å²) in [6.07, 6.45) is 0. The highest BCUT2D eigenvalue weighted by molar-refractivity contribution is 5.46. The lowest BCUT2D eigenvalue weighted by molar-refractivity contribution is 0.332. The van der Waals surface area contributed by atoms with Gasteiger partial charge >= 0.3 is 0 Å². The van der Waals surface area contributed by atoms with E-state index in [9.17, 15) is 0 Å². The van der Waals surface area contributed by atoms with Crippen LogP contribution in [-0.2, 0) is 0 Å². The number of benzene rings is 2. The first-order valence-corrected chi connectivity index (χ1v) is 7.41. The molecule has 2 aromatic rings. The van der Waals surface area contributed by atoms with E-state index in [1.807, 2.05) is 32.2 Å². The average Bonchev–Trinajstić information content (AvgIpc) is 2.54. The molecule has 0 bridgehead atoms. The fourth-order valence-corrected chi connectivity index (χ4v) is 2.46. The van der Waals surface area contributed by atoms with Crippen molar-refractivity contribution in [2.24, 2.45) is 0 Å². The van der Waals surface area contributed by atoms with Crippen molar-refractivity contribution in [1.82, 2.24) is 5.32 Å². The number of anilines is 1. The van der Waals surface area contributed by atoms with Crippen LogP contribution < -0.4 is 15.0 Å². The molecule has 1 atom stereocenters. The summed E-state index contributed by atoms with van der Waals surface area (Å²) in [6, 6.07) is 18.9. The van der Waals surface area contributed by atoms with Gasteiger partial charge < -0.3 is 15.0 Å². The van der Waals surface area contributed by atoms with E-state index in [-0.39, 0.29) is 6.04 Å². The molecule has 0 saturated carbocycles. The predicted molar refractivity (Wildman–Crippen MR) is 89.1 cm³/mol. The Labute approximate surface area is 127 Å². The largest absolute Gasteiger partial charge is 0.494 e. The van der Waals surface area contributed by atoms with E-state index in [1.54, 1.807) is 0 Å². The van der Waals surface area contributed by atoms with Gasteiger partial charge in [0, 0.05) is 24.8 Å². The summed E-state index contributed by atoms with van der Waals surface area (Å²) in [7, 11) is 4.11. The normalized spacial score (nSPS) is 12.0. The lowest BCUT2D eigenvalue weighted by Crippen LogP contribution is -2.31. The van der Waals surface area contributed by atoms with Gasteiger partial charge in [0.05, 0.1) is 12.6 Å². The highest BCUT2D eigenvalue weighted by Crippen LogP contribution is 2.26. The summed E-state index contributed by atoms with van der Waals surface area (Å²) in [5, 5.41) is 3.40. The zero-order valence-corrected chi connectivity index (χ0v) is 13.0. The van der Waals surface area contributed by atoms with E-state index in [0.717, 1.165) is 12.3 Å². The molecule has 0 aliphatic carbocycles. The Kier molecular flexibility index (Phi) is 5.64. The SMILES string of the molecule is CCOc1ccccc1C(CN(C)c1ccccc1)NC. The Morgan fingerprint density at radius 3 is 2.38 bits per heavy atom. The van der Waals surface area contributed by atoms with Crippen LogP contribution in [0.25, 0.3) is 0 Å². The predicted octanol–water partition coefficient (Wildman–Crippen LogP) is 3.48. The number of para-hydroxylation sites is 2. The standard InChI is InChI=1S/C18H24N2O/c1-4-21-18-13-9-8-12-16(18)17(19-2)14-20(3)15-10-6-5-7-11-15/h5-13,17,19H,4,14H2,1-3H3. The van der Waals surface area contributed by atoms with Crippen LogP contribution in [0, 0.1) is 0 Å². The maximum absolute atomic E-state index is 5.75. The first-order valence-electron chi connectivity index (χ1n) is 7.41. The van der Waals surface area contributed by atoms with Crippen molar-refractivity contribution in [3.63, 3.8) is 0 Å². The Morgan fingerprint density at radius 1 is 1.05 bits per heavy atom. The van der Waals surface area contributed by atoms with Crippen molar-refractivity contribution in [2.45, 2.75) is 13.0 Å². The first-order chi connectivity index (χ1) is 10.3. The molecule has 21 heavy (non-hydrogen) atoms. The maximum atomic E-state index is 5.75. The number of nitrogens with zero attached hydrogens (tertiary/aromatic N) is 1. The van der Waals surface area contributed by atoms with E-state index >= 15 is 0 Å². The molecule has 0 heterocycles. The zero-order valence-electron chi connectivity index (χ0n) is 13.0. The minimum atomic E-state index is 0.220. The van der Waals surface area contributed by atoms with E-state index in [2.05, 4.69) is 53.7 Å². The van der Waals surface area contributed by atoms with Crippen molar-refractivity contribution >= 4 is 5.69 Å². The Morgan fingerprint density at radius 2 is 1.71 bits per heavy atom. The second kappa shape index (κ2) is 7.70. The number of likely N-dealkylation sites (N-methyl/N-ethyl adjacent to an activating group) is 2. The zero-order chi connectivity index (χ0) is 15.1. The molecule has 1 unspecified atom stereocenters. The molecule has 2 aromatic carbocycles. The number of hydrogen-bond donors (Lipinski definition) is 1. The van der Waals surface area contributed by atoms with E-state index < -0.39 is 0 Å². The third kappa shape index (κ3) is 3.99. The topological polar surface area (TPSA) is 24.5 Å². The molecule has 3 heteroatoms. The molecule has 3 nitrogen and oxygen atoms in total. The lowest BCUT2D eigenvalue weighted by Gasteiger charge is -2.27. The monoisotopic (exact) mass is 284 g/mol. The lowest BCUT2D eigenvalue weighted by atomic mass is 10.0. The van der Waals surface area contributed by atoms with Crippen LogP contribution >= 0.6 is 0 Å². The van der Waals surface area contributed by atoms with Gasteiger partial charge in [-0.25, -0.2) is 0 Å². The Bertz CT molecular complexity index is 542. The highest BCUT2D eigenvalue weighted by atomic mass is 16.5. The Hall–Kier alpha value is -2.00. The molecule has 0 spiro atoms. The molecule has 1 N–H and O–H groups in total. The Balaban J connectivity index is 2.16. The number of hydrogen-bond acceptors (Lipinski definition) is 3. The molecule has 0 radical (unpaired) electrons. The molecule has 2 rings (SSSR count). The third-order valence-corrected chi connectivity index (χ3v) is 3.60. The summed E-state index contributed by atoms with van der Waals surface area (Å²) in [5.41, 5.74) is 2.41. The summed E-state index contributed by atoms with van der Waals surface area (Å²) in [4.78, 5) is 2.25. The molecule has 0 saturated heterocycles. The molecular formula is C18H24N2O. The summed E-state index contributed by atoms with van der Waals surface area (Å²) in [6.45, 7) is 3.58. The second-order valence-electron chi connectivity index (χ2n) is 5.03. The molecular weight excluding hydrogens is 260 g/mol. The van der Waals surface area contributed by atoms with E-state index in [4.69, 9.17) is 4.74 Å². The van der Waals surface area contributed by atoms with Gasteiger partial charge in [0.15, 0.2) is 0 Å². The van der Waals surface area contributed by atoms with Crippen LogP contribution in [0.1, 0.15) is 18.5 Å². The van der Waals surface area contributed by atoms with Gasteiger partial charge in [-0.15, -0.1) is 0 Å². The smallest absolute Gasteiger partial charge is 0.124 e. The van der Waals surface area contributed by atoms with Crippen LogP contribution in [0.15, 0.2) is 54.6 Å². The van der Waals surface area contributed by atoms with Gasteiger partial charge in [-0.05, 0) is 32.2 Å². The molecule has 0 aliphatic rings. The molecule has 112 valence electrons. The quantitative estimate of drug-likeness (QED) is 0.842. The fourth-order valence-electron chi connectivity index (χ4n) is 2.46. The summed E-state index contributed by atoms with van der Waals surface area (Å²) in [5.74, 6) is 0.959. The minimum absolute atomic E-state index is 0.220. The summed E-state index contributed by atoms with van der Waals surface area (Å²) < 4.78 is 5.75. The van der Waals surface area contributed by atoms with Gasteiger partial charge in [-0.3, -0.25) is 0 Å².